The first-order valence-electron chi connectivity index (χ1n) is 6.48. The molecule has 0 atom stereocenters. The predicted molar refractivity (Wildman–Crippen MR) is 77.4 cm³/mol. The first kappa shape index (κ1) is 14.0. The van der Waals surface area contributed by atoms with E-state index < -0.39 is 0 Å². The highest BCUT2D eigenvalue weighted by Gasteiger charge is 2.05. The molecule has 0 aliphatic carbocycles. The summed E-state index contributed by atoms with van der Waals surface area (Å²) in [5.74, 6) is 0. The van der Waals surface area contributed by atoms with Gasteiger partial charge in [0.15, 0.2) is 0 Å². The lowest BCUT2D eigenvalue weighted by molar-refractivity contribution is 0.419. The van der Waals surface area contributed by atoms with Crippen LogP contribution in [0.1, 0.15) is 37.0 Å². The van der Waals surface area contributed by atoms with Crippen LogP contribution in [0.5, 0.6) is 0 Å². The molecule has 0 amide bonds. The second-order valence-electron chi connectivity index (χ2n) is 4.87. The second kappa shape index (κ2) is 6.61. The highest BCUT2D eigenvalue weighted by atomic mass is 15.0. The minimum absolute atomic E-state index is 1.11. The summed E-state index contributed by atoms with van der Waals surface area (Å²) in [6, 6.07) is 6.84. The van der Waals surface area contributed by atoms with Gasteiger partial charge >= 0.3 is 0 Å². The Morgan fingerprint density at radius 2 is 2.00 bits per heavy atom. The van der Waals surface area contributed by atoms with Gasteiger partial charge in [0.25, 0.3) is 0 Å². The van der Waals surface area contributed by atoms with Crippen molar-refractivity contribution in [3.63, 3.8) is 0 Å². The highest BCUT2D eigenvalue weighted by Crippen LogP contribution is 2.23. The van der Waals surface area contributed by atoms with E-state index in [4.69, 9.17) is 0 Å². The van der Waals surface area contributed by atoms with Crippen LogP contribution in [0.4, 0.5) is 0 Å². The average Bonchev–Trinajstić information content (AvgIpc) is 2.31. The maximum atomic E-state index is 2.31. The highest BCUT2D eigenvalue weighted by molar-refractivity contribution is 5.68. The van der Waals surface area contributed by atoms with Crippen molar-refractivity contribution in [3.8, 4) is 0 Å². The van der Waals surface area contributed by atoms with Crippen molar-refractivity contribution in [1.29, 1.82) is 0 Å². The largest absolute Gasteiger partial charge is 0.309 e. The topological polar surface area (TPSA) is 3.24 Å². The van der Waals surface area contributed by atoms with Crippen LogP contribution in [0.25, 0.3) is 5.57 Å². The van der Waals surface area contributed by atoms with Crippen LogP contribution in [-0.2, 0) is 6.42 Å². The number of hydrogen-bond donors (Lipinski definition) is 0. The van der Waals surface area contributed by atoms with Gasteiger partial charge in [-0.05, 0) is 63.0 Å². The standard InChI is InChI=1S/C16H25N/c1-6-14-8-9-16(13(3)12-14)15(7-2)10-11-17(4)5/h7-9,12H,6,10-11H2,1-5H3/b15-7-. The molecule has 0 saturated carbocycles. The quantitative estimate of drug-likeness (QED) is 0.742. The molecular formula is C16H25N. The van der Waals surface area contributed by atoms with Crippen LogP contribution in [-0.4, -0.2) is 25.5 Å². The Morgan fingerprint density at radius 3 is 2.47 bits per heavy atom. The van der Waals surface area contributed by atoms with Gasteiger partial charge in [-0.3, -0.25) is 0 Å². The zero-order valence-corrected chi connectivity index (χ0v) is 11.9. The number of benzene rings is 1. The van der Waals surface area contributed by atoms with Gasteiger partial charge in [0.1, 0.15) is 0 Å². The van der Waals surface area contributed by atoms with Crippen LogP contribution in [0, 0.1) is 6.92 Å². The Labute approximate surface area is 106 Å². The smallest absolute Gasteiger partial charge is 0.00158 e. The van der Waals surface area contributed by atoms with Crippen molar-refractivity contribution in [3.05, 3.63) is 41.0 Å². The van der Waals surface area contributed by atoms with E-state index in [-0.39, 0.29) is 0 Å². The maximum Gasteiger partial charge on any atom is 0.00158 e. The summed E-state index contributed by atoms with van der Waals surface area (Å²) in [5.41, 5.74) is 5.69. The molecule has 0 bridgehead atoms. The third-order valence-electron chi connectivity index (χ3n) is 3.22. The van der Waals surface area contributed by atoms with Crippen molar-refractivity contribution >= 4 is 5.57 Å². The summed E-state index contributed by atoms with van der Waals surface area (Å²) in [4.78, 5) is 2.24. The van der Waals surface area contributed by atoms with E-state index in [1.54, 1.807) is 0 Å². The first-order chi connectivity index (χ1) is 8.08. The van der Waals surface area contributed by atoms with Gasteiger partial charge in [-0.25, -0.2) is 0 Å². The molecule has 0 saturated heterocycles. The zero-order valence-electron chi connectivity index (χ0n) is 11.9. The van der Waals surface area contributed by atoms with E-state index in [2.05, 4.69) is 64.0 Å². The van der Waals surface area contributed by atoms with Gasteiger partial charge in [0.05, 0.1) is 0 Å². The summed E-state index contributed by atoms with van der Waals surface area (Å²) in [6.45, 7) is 7.66. The molecule has 0 aromatic heterocycles. The predicted octanol–water partition coefficient (Wildman–Crippen LogP) is 3.91. The fourth-order valence-electron chi connectivity index (χ4n) is 2.08. The van der Waals surface area contributed by atoms with Gasteiger partial charge in [-0.15, -0.1) is 0 Å². The molecule has 17 heavy (non-hydrogen) atoms. The lowest BCUT2D eigenvalue weighted by atomic mass is 9.95. The third kappa shape index (κ3) is 4.01. The average molecular weight is 231 g/mol. The van der Waals surface area contributed by atoms with E-state index in [9.17, 15) is 0 Å². The number of aryl methyl sites for hydroxylation is 2. The van der Waals surface area contributed by atoms with Crippen molar-refractivity contribution in [2.75, 3.05) is 20.6 Å². The molecule has 0 spiro atoms. The van der Waals surface area contributed by atoms with Crippen LogP contribution < -0.4 is 0 Å². The summed E-state index contributed by atoms with van der Waals surface area (Å²) in [7, 11) is 4.25. The molecule has 1 aromatic rings. The Morgan fingerprint density at radius 1 is 1.29 bits per heavy atom. The Bertz CT molecular complexity index is 389. The molecule has 1 rings (SSSR count). The molecule has 1 heteroatoms. The Balaban J connectivity index is 2.89. The molecule has 0 N–H and O–H groups in total. The van der Waals surface area contributed by atoms with E-state index in [1.165, 1.54) is 22.3 Å². The van der Waals surface area contributed by atoms with Crippen molar-refractivity contribution < 1.29 is 0 Å². The Hall–Kier alpha value is -1.08. The number of rotatable bonds is 5. The maximum absolute atomic E-state index is 2.31. The number of allylic oxidation sites excluding steroid dienone is 1. The van der Waals surface area contributed by atoms with Crippen molar-refractivity contribution in [2.45, 2.75) is 33.6 Å². The summed E-state index contributed by atoms with van der Waals surface area (Å²) in [6.07, 6.45) is 4.48. The van der Waals surface area contributed by atoms with E-state index >= 15 is 0 Å². The second-order valence-corrected chi connectivity index (χ2v) is 4.87. The van der Waals surface area contributed by atoms with Crippen molar-refractivity contribution in [1.82, 2.24) is 4.90 Å². The molecule has 0 aliphatic rings. The molecule has 0 aliphatic heterocycles. The van der Waals surface area contributed by atoms with Gasteiger partial charge in [-0.2, -0.15) is 0 Å². The number of nitrogens with zero attached hydrogens (tertiary/aromatic N) is 1. The molecule has 0 heterocycles. The monoisotopic (exact) mass is 231 g/mol. The van der Waals surface area contributed by atoms with Gasteiger partial charge < -0.3 is 4.90 Å². The third-order valence-corrected chi connectivity index (χ3v) is 3.22. The summed E-state index contributed by atoms with van der Waals surface area (Å²) < 4.78 is 0. The zero-order chi connectivity index (χ0) is 12.8. The van der Waals surface area contributed by atoms with Gasteiger partial charge in [0, 0.05) is 6.54 Å². The molecule has 94 valence electrons. The molecule has 0 fully saturated rings. The van der Waals surface area contributed by atoms with Crippen molar-refractivity contribution in [2.24, 2.45) is 0 Å². The van der Waals surface area contributed by atoms with E-state index in [1.807, 2.05) is 0 Å². The molecule has 0 unspecified atom stereocenters. The fraction of sp³-hybridized carbons (Fsp3) is 0.500. The molecular weight excluding hydrogens is 206 g/mol. The minimum Gasteiger partial charge on any atom is -0.309 e. The summed E-state index contributed by atoms with van der Waals surface area (Å²) >= 11 is 0. The lowest BCUT2D eigenvalue weighted by Crippen LogP contribution is -2.13. The minimum atomic E-state index is 1.11. The van der Waals surface area contributed by atoms with Crippen LogP contribution in [0.2, 0.25) is 0 Å². The van der Waals surface area contributed by atoms with Crippen LogP contribution in [0.15, 0.2) is 24.3 Å². The molecule has 1 nitrogen and oxygen atoms in total. The number of hydrogen-bond acceptors (Lipinski definition) is 1. The fourth-order valence-corrected chi connectivity index (χ4v) is 2.08. The van der Waals surface area contributed by atoms with E-state index in [0.29, 0.717) is 0 Å². The lowest BCUT2D eigenvalue weighted by Gasteiger charge is -2.15. The van der Waals surface area contributed by atoms with E-state index in [0.717, 1.165) is 19.4 Å². The normalized spacial score (nSPS) is 12.2. The first-order valence-corrected chi connectivity index (χ1v) is 6.48. The molecule has 0 radical (unpaired) electrons. The van der Waals surface area contributed by atoms with Gasteiger partial charge in [0.2, 0.25) is 0 Å². The SMILES string of the molecule is C/C=C(/CCN(C)C)c1ccc(CC)cc1C. The van der Waals surface area contributed by atoms with Gasteiger partial charge in [-0.1, -0.05) is 31.2 Å². The van der Waals surface area contributed by atoms with Crippen LogP contribution in [0.3, 0.4) is 0 Å². The van der Waals surface area contributed by atoms with Crippen LogP contribution >= 0.6 is 0 Å². The Kier molecular flexibility index (Phi) is 5.43. The molecule has 1 aromatic carbocycles. The summed E-state index contributed by atoms with van der Waals surface area (Å²) in [5, 5.41) is 0.